The molecule has 0 aliphatic carbocycles. The predicted octanol–water partition coefficient (Wildman–Crippen LogP) is 2.22. The molecule has 124 valence electrons. The number of para-hydroxylation sites is 1. The maximum absolute atomic E-state index is 5.59. The van der Waals surface area contributed by atoms with E-state index in [9.17, 15) is 0 Å². The van der Waals surface area contributed by atoms with E-state index in [1.165, 1.54) is 4.80 Å². The van der Waals surface area contributed by atoms with Crippen LogP contribution < -0.4 is 5.32 Å². The van der Waals surface area contributed by atoms with Crippen LogP contribution in [0, 0.1) is 6.92 Å². The highest BCUT2D eigenvalue weighted by atomic mass is 16.4. The van der Waals surface area contributed by atoms with Crippen molar-refractivity contribution in [3.8, 4) is 11.4 Å². The van der Waals surface area contributed by atoms with Crippen LogP contribution in [-0.2, 0) is 6.54 Å². The summed E-state index contributed by atoms with van der Waals surface area (Å²) < 4.78 is 5.59. The average molecular weight is 334 g/mol. The molecule has 0 radical (unpaired) electrons. The second-order valence-corrected chi connectivity index (χ2v) is 5.33. The van der Waals surface area contributed by atoms with E-state index in [1.807, 2.05) is 43.3 Å². The first-order valence-corrected chi connectivity index (χ1v) is 7.61. The minimum absolute atomic E-state index is 0.232. The van der Waals surface area contributed by atoms with Gasteiger partial charge in [-0.25, -0.2) is 0 Å². The Morgan fingerprint density at radius 3 is 2.84 bits per heavy atom. The Morgan fingerprint density at radius 2 is 2.00 bits per heavy atom. The third-order valence-corrected chi connectivity index (χ3v) is 3.50. The minimum atomic E-state index is 0.232. The van der Waals surface area contributed by atoms with Gasteiger partial charge in [-0.05, 0) is 35.9 Å². The fraction of sp³-hybridized carbons (Fsp3) is 0.125. The molecule has 0 fully saturated rings. The fourth-order valence-corrected chi connectivity index (χ4v) is 2.24. The maximum Gasteiger partial charge on any atom is 0.320 e. The zero-order valence-corrected chi connectivity index (χ0v) is 13.4. The summed E-state index contributed by atoms with van der Waals surface area (Å²) in [5.74, 6) is 0.872. The van der Waals surface area contributed by atoms with E-state index in [0.717, 1.165) is 16.8 Å². The second kappa shape index (κ2) is 6.48. The van der Waals surface area contributed by atoms with Gasteiger partial charge in [0.1, 0.15) is 6.54 Å². The van der Waals surface area contributed by atoms with Gasteiger partial charge in [0.2, 0.25) is 11.7 Å². The van der Waals surface area contributed by atoms with Gasteiger partial charge in [0.05, 0.1) is 0 Å². The Balaban J connectivity index is 1.47. The largest absolute Gasteiger partial charge is 0.406 e. The molecule has 0 aliphatic heterocycles. The molecular weight excluding hydrogens is 320 g/mol. The highest BCUT2D eigenvalue weighted by Crippen LogP contribution is 2.19. The van der Waals surface area contributed by atoms with Crippen LogP contribution in [0.3, 0.4) is 0 Å². The summed E-state index contributed by atoms with van der Waals surface area (Å²) in [5, 5.41) is 23.4. The lowest BCUT2D eigenvalue weighted by atomic mass is 10.2. The van der Waals surface area contributed by atoms with Gasteiger partial charge in [-0.15, -0.1) is 15.3 Å². The van der Waals surface area contributed by atoms with Crippen molar-refractivity contribution in [1.29, 1.82) is 0 Å². The quantitative estimate of drug-likeness (QED) is 0.592. The number of rotatable bonds is 5. The summed E-state index contributed by atoms with van der Waals surface area (Å²) >= 11 is 0. The minimum Gasteiger partial charge on any atom is -0.406 e. The highest BCUT2D eigenvalue weighted by Gasteiger charge is 2.11. The molecule has 25 heavy (non-hydrogen) atoms. The number of tetrazole rings is 1. The summed E-state index contributed by atoms with van der Waals surface area (Å²) in [6.07, 6.45) is 3.37. The molecule has 0 spiro atoms. The molecule has 9 heteroatoms. The molecule has 4 aromatic rings. The molecule has 0 saturated heterocycles. The molecule has 3 aromatic heterocycles. The lowest BCUT2D eigenvalue weighted by Crippen LogP contribution is -2.04. The van der Waals surface area contributed by atoms with Gasteiger partial charge in [-0.3, -0.25) is 4.98 Å². The number of hydrogen-bond acceptors (Lipinski definition) is 8. The van der Waals surface area contributed by atoms with Crippen LogP contribution >= 0.6 is 0 Å². The van der Waals surface area contributed by atoms with Crippen molar-refractivity contribution < 1.29 is 4.42 Å². The standard InChI is InChI=1S/C16H14N8O/c1-11-5-2-3-7-13(11)18-16-21-19-14(25-16)10-24-22-15(20-23-24)12-6-4-8-17-9-12/h2-9H,10H2,1H3,(H,18,21). The number of benzene rings is 1. The van der Waals surface area contributed by atoms with E-state index in [4.69, 9.17) is 4.42 Å². The van der Waals surface area contributed by atoms with Crippen molar-refractivity contribution in [2.75, 3.05) is 5.32 Å². The molecule has 0 unspecified atom stereocenters. The van der Waals surface area contributed by atoms with E-state index in [1.54, 1.807) is 12.4 Å². The normalized spacial score (nSPS) is 10.8. The first-order chi connectivity index (χ1) is 12.3. The van der Waals surface area contributed by atoms with Crippen LogP contribution in [0.1, 0.15) is 11.5 Å². The summed E-state index contributed by atoms with van der Waals surface area (Å²) in [7, 11) is 0. The summed E-state index contributed by atoms with van der Waals surface area (Å²) in [5.41, 5.74) is 2.79. The van der Waals surface area contributed by atoms with E-state index in [-0.39, 0.29) is 6.54 Å². The van der Waals surface area contributed by atoms with Gasteiger partial charge in [-0.2, -0.15) is 4.80 Å². The number of nitrogens with one attached hydrogen (secondary N) is 1. The van der Waals surface area contributed by atoms with Crippen molar-refractivity contribution in [2.24, 2.45) is 0 Å². The summed E-state index contributed by atoms with van der Waals surface area (Å²) in [6, 6.07) is 11.8. The number of aryl methyl sites for hydroxylation is 1. The number of aromatic nitrogens is 7. The second-order valence-electron chi connectivity index (χ2n) is 5.33. The van der Waals surface area contributed by atoms with Crippen LogP contribution in [0.15, 0.2) is 53.2 Å². The van der Waals surface area contributed by atoms with Crippen molar-refractivity contribution in [3.05, 3.63) is 60.2 Å². The monoisotopic (exact) mass is 334 g/mol. The summed E-state index contributed by atoms with van der Waals surface area (Å²) in [4.78, 5) is 5.43. The van der Waals surface area contributed by atoms with Crippen molar-refractivity contribution in [2.45, 2.75) is 13.5 Å². The fourth-order valence-electron chi connectivity index (χ4n) is 2.24. The molecule has 0 atom stereocenters. The number of hydrogen-bond donors (Lipinski definition) is 1. The third kappa shape index (κ3) is 3.34. The Bertz CT molecular complexity index is 978. The topological polar surface area (TPSA) is 107 Å². The van der Waals surface area contributed by atoms with Crippen molar-refractivity contribution in [1.82, 2.24) is 35.4 Å². The molecule has 4 rings (SSSR count). The molecule has 1 N–H and O–H groups in total. The van der Waals surface area contributed by atoms with Crippen LogP contribution in [0.2, 0.25) is 0 Å². The van der Waals surface area contributed by atoms with Crippen LogP contribution in [0.4, 0.5) is 11.7 Å². The Hall–Kier alpha value is -3.62. The van der Waals surface area contributed by atoms with E-state index in [2.05, 4.69) is 35.9 Å². The Labute approximate surface area is 142 Å². The van der Waals surface area contributed by atoms with Gasteiger partial charge in [0.15, 0.2) is 0 Å². The highest BCUT2D eigenvalue weighted by molar-refractivity contribution is 5.56. The first-order valence-electron chi connectivity index (χ1n) is 7.61. The number of nitrogens with zero attached hydrogens (tertiary/aromatic N) is 7. The number of pyridine rings is 1. The van der Waals surface area contributed by atoms with Crippen molar-refractivity contribution >= 4 is 11.7 Å². The van der Waals surface area contributed by atoms with E-state index >= 15 is 0 Å². The molecule has 9 nitrogen and oxygen atoms in total. The Kier molecular flexibility index (Phi) is 3.87. The lowest BCUT2D eigenvalue weighted by Gasteiger charge is -2.03. The van der Waals surface area contributed by atoms with Crippen LogP contribution in [0.25, 0.3) is 11.4 Å². The third-order valence-electron chi connectivity index (χ3n) is 3.50. The van der Waals surface area contributed by atoms with Gasteiger partial charge < -0.3 is 9.73 Å². The molecule has 3 heterocycles. The lowest BCUT2D eigenvalue weighted by molar-refractivity contribution is 0.448. The van der Waals surface area contributed by atoms with E-state index in [0.29, 0.717) is 17.7 Å². The SMILES string of the molecule is Cc1ccccc1Nc1nnc(Cn2nnc(-c3cccnc3)n2)o1. The molecule has 0 bridgehead atoms. The van der Waals surface area contributed by atoms with Gasteiger partial charge in [0.25, 0.3) is 0 Å². The first kappa shape index (κ1) is 14.9. The average Bonchev–Trinajstić information content (AvgIpc) is 3.28. The molecule has 1 aromatic carbocycles. The van der Waals surface area contributed by atoms with E-state index < -0.39 is 0 Å². The van der Waals surface area contributed by atoms with Gasteiger partial charge in [0, 0.05) is 23.6 Å². The summed E-state index contributed by atoms with van der Waals surface area (Å²) in [6.45, 7) is 2.23. The van der Waals surface area contributed by atoms with Gasteiger partial charge in [-0.1, -0.05) is 23.3 Å². The predicted molar refractivity (Wildman–Crippen MR) is 88.9 cm³/mol. The maximum atomic E-state index is 5.59. The van der Waals surface area contributed by atoms with Gasteiger partial charge >= 0.3 is 6.01 Å². The number of anilines is 2. The smallest absolute Gasteiger partial charge is 0.320 e. The Morgan fingerprint density at radius 1 is 1.08 bits per heavy atom. The molecule has 0 amide bonds. The zero-order valence-electron chi connectivity index (χ0n) is 13.4. The zero-order chi connectivity index (χ0) is 17.1. The molecule has 0 aliphatic rings. The van der Waals surface area contributed by atoms with Crippen LogP contribution in [-0.4, -0.2) is 35.4 Å². The molecular formula is C16H14N8O. The molecule has 0 saturated carbocycles. The van der Waals surface area contributed by atoms with Crippen molar-refractivity contribution in [3.63, 3.8) is 0 Å². The van der Waals surface area contributed by atoms with Crippen LogP contribution in [0.5, 0.6) is 0 Å².